The molecule has 1 aliphatic heterocycles. The van der Waals surface area contributed by atoms with Gasteiger partial charge >= 0.3 is 0 Å². The van der Waals surface area contributed by atoms with E-state index >= 15 is 0 Å². The third-order valence-corrected chi connectivity index (χ3v) is 4.32. The third kappa shape index (κ3) is 1.85. The lowest BCUT2D eigenvalue weighted by Gasteiger charge is -2.43. The lowest BCUT2D eigenvalue weighted by molar-refractivity contribution is 0.104. The van der Waals surface area contributed by atoms with E-state index in [9.17, 15) is 0 Å². The van der Waals surface area contributed by atoms with Crippen molar-refractivity contribution in [3.8, 4) is 0 Å². The molecule has 15 heavy (non-hydrogen) atoms. The summed E-state index contributed by atoms with van der Waals surface area (Å²) < 4.78 is 0. The van der Waals surface area contributed by atoms with Gasteiger partial charge in [0.05, 0.1) is 0 Å². The SMILES string of the molecule is C=C(C)C(N)C1(N2CCCC2)CCCC1. The molecule has 0 radical (unpaired) electrons. The zero-order chi connectivity index (χ0) is 10.9. The Kier molecular flexibility index (Phi) is 3.17. The van der Waals surface area contributed by atoms with Gasteiger partial charge in [0, 0.05) is 11.6 Å². The van der Waals surface area contributed by atoms with Crippen LogP contribution in [0.1, 0.15) is 45.4 Å². The first-order chi connectivity index (χ1) is 7.17. The second kappa shape index (κ2) is 4.26. The number of nitrogens with two attached hydrogens (primary N) is 1. The molecule has 1 unspecified atom stereocenters. The van der Waals surface area contributed by atoms with Crippen LogP contribution in [-0.2, 0) is 0 Å². The maximum absolute atomic E-state index is 6.40. The molecule has 1 saturated carbocycles. The molecule has 0 aromatic rings. The Balaban J connectivity index is 2.18. The Hall–Kier alpha value is -0.340. The maximum Gasteiger partial charge on any atom is 0.0436 e. The molecular formula is C13H24N2. The minimum atomic E-state index is 0.179. The van der Waals surface area contributed by atoms with Crippen molar-refractivity contribution in [1.82, 2.24) is 4.90 Å². The van der Waals surface area contributed by atoms with Gasteiger partial charge in [0.25, 0.3) is 0 Å². The molecule has 86 valence electrons. The van der Waals surface area contributed by atoms with Crippen molar-refractivity contribution in [2.24, 2.45) is 5.73 Å². The van der Waals surface area contributed by atoms with Crippen molar-refractivity contribution in [2.45, 2.75) is 57.0 Å². The number of likely N-dealkylation sites (tertiary alicyclic amines) is 1. The molecule has 2 heteroatoms. The first kappa shape index (κ1) is 11.2. The van der Waals surface area contributed by atoms with Crippen LogP contribution >= 0.6 is 0 Å². The summed E-state index contributed by atoms with van der Waals surface area (Å²) in [4.78, 5) is 2.65. The third-order valence-electron chi connectivity index (χ3n) is 4.32. The van der Waals surface area contributed by atoms with Crippen molar-refractivity contribution in [2.75, 3.05) is 13.1 Å². The van der Waals surface area contributed by atoms with E-state index in [-0.39, 0.29) is 11.6 Å². The molecular weight excluding hydrogens is 184 g/mol. The Labute approximate surface area is 93.5 Å². The lowest BCUT2D eigenvalue weighted by atomic mass is 9.83. The molecule has 2 N–H and O–H groups in total. The highest BCUT2D eigenvalue weighted by Crippen LogP contribution is 2.40. The molecule has 1 atom stereocenters. The topological polar surface area (TPSA) is 29.3 Å². The van der Waals surface area contributed by atoms with Crippen LogP contribution in [-0.4, -0.2) is 29.6 Å². The molecule has 2 nitrogen and oxygen atoms in total. The smallest absolute Gasteiger partial charge is 0.0436 e. The average Bonchev–Trinajstić information content (AvgIpc) is 2.87. The molecule has 0 amide bonds. The van der Waals surface area contributed by atoms with Crippen LogP contribution in [0.3, 0.4) is 0 Å². The van der Waals surface area contributed by atoms with Gasteiger partial charge in [-0.25, -0.2) is 0 Å². The fourth-order valence-electron chi connectivity index (χ4n) is 3.43. The molecule has 1 heterocycles. The summed E-state index contributed by atoms with van der Waals surface area (Å²) in [6, 6.07) is 0.179. The largest absolute Gasteiger partial charge is 0.323 e. The quantitative estimate of drug-likeness (QED) is 0.721. The number of hydrogen-bond donors (Lipinski definition) is 1. The molecule has 0 aromatic heterocycles. The summed E-state index contributed by atoms with van der Waals surface area (Å²) in [7, 11) is 0. The fourth-order valence-corrected chi connectivity index (χ4v) is 3.43. The van der Waals surface area contributed by atoms with Crippen LogP contribution in [0.25, 0.3) is 0 Å². The Bertz CT molecular complexity index is 235. The molecule has 0 spiro atoms. The van der Waals surface area contributed by atoms with Crippen molar-refractivity contribution >= 4 is 0 Å². The van der Waals surface area contributed by atoms with Gasteiger partial charge in [0.2, 0.25) is 0 Å². The van der Waals surface area contributed by atoms with Crippen molar-refractivity contribution in [3.05, 3.63) is 12.2 Å². The van der Waals surface area contributed by atoms with Gasteiger partial charge in [-0.2, -0.15) is 0 Å². The first-order valence-electron chi connectivity index (χ1n) is 6.33. The van der Waals surface area contributed by atoms with E-state index in [1.165, 1.54) is 51.6 Å². The van der Waals surface area contributed by atoms with Gasteiger partial charge < -0.3 is 5.73 Å². The normalized spacial score (nSPS) is 28.1. The van der Waals surface area contributed by atoms with E-state index < -0.39 is 0 Å². The molecule has 1 aliphatic carbocycles. The Morgan fingerprint density at radius 2 is 1.73 bits per heavy atom. The minimum absolute atomic E-state index is 0.179. The monoisotopic (exact) mass is 208 g/mol. The van der Waals surface area contributed by atoms with Crippen LogP contribution < -0.4 is 5.73 Å². The highest BCUT2D eigenvalue weighted by atomic mass is 15.2. The summed E-state index contributed by atoms with van der Waals surface area (Å²) in [5, 5.41) is 0. The molecule has 2 aliphatic rings. The highest BCUT2D eigenvalue weighted by molar-refractivity contribution is 5.16. The van der Waals surface area contributed by atoms with E-state index in [0.29, 0.717) is 0 Å². The number of rotatable bonds is 3. The summed E-state index contributed by atoms with van der Waals surface area (Å²) in [5.41, 5.74) is 7.82. The van der Waals surface area contributed by atoms with Gasteiger partial charge in [-0.15, -0.1) is 0 Å². The van der Waals surface area contributed by atoms with E-state index in [4.69, 9.17) is 5.73 Å². The summed E-state index contributed by atoms with van der Waals surface area (Å²) in [6.45, 7) is 8.65. The molecule has 0 aromatic carbocycles. The van der Waals surface area contributed by atoms with Crippen LogP contribution in [0.4, 0.5) is 0 Å². The van der Waals surface area contributed by atoms with Gasteiger partial charge in [-0.3, -0.25) is 4.90 Å². The predicted octanol–water partition coefficient (Wildman–Crippen LogP) is 2.30. The molecule has 1 saturated heterocycles. The minimum Gasteiger partial charge on any atom is -0.323 e. The maximum atomic E-state index is 6.40. The Morgan fingerprint density at radius 1 is 1.20 bits per heavy atom. The molecule has 2 rings (SSSR count). The van der Waals surface area contributed by atoms with E-state index in [1.807, 2.05) is 0 Å². The van der Waals surface area contributed by atoms with Crippen LogP contribution in [0, 0.1) is 0 Å². The summed E-state index contributed by atoms with van der Waals surface area (Å²) in [5.74, 6) is 0. The van der Waals surface area contributed by atoms with E-state index in [0.717, 1.165) is 5.57 Å². The number of hydrogen-bond acceptors (Lipinski definition) is 2. The summed E-state index contributed by atoms with van der Waals surface area (Å²) >= 11 is 0. The van der Waals surface area contributed by atoms with Gasteiger partial charge in [0.15, 0.2) is 0 Å². The summed E-state index contributed by atoms with van der Waals surface area (Å²) in [6.07, 6.45) is 7.95. The van der Waals surface area contributed by atoms with Crippen LogP contribution in [0.5, 0.6) is 0 Å². The molecule has 0 bridgehead atoms. The van der Waals surface area contributed by atoms with Crippen LogP contribution in [0.15, 0.2) is 12.2 Å². The van der Waals surface area contributed by atoms with E-state index in [1.54, 1.807) is 0 Å². The van der Waals surface area contributed by atoms with Crippen molar-refractivity contribution in [3.63, 3.8) is 0 Å². The van der Waals surface area contributed by atoms with Crippen molar-refractivity contribution in [1.29, 1.82) is 0 Å². The van der Waals surface area contributed by atoms with Gasteiger partial charge in [-0.05, 0) is 45.7 Å². The predicted molar refractivity (Wildman–Crippen MR) is 64.8 cm³/mol. The second-order valence-electron chi connectivity index (χ2n) is 5.33. The van der Waals surface area contributed by atoms with Gasteiger partial charge in [-0.1, -0.05) is 25.0 Å². The van der Waals surface area contributed by atoms with E-state index in [2.05, 4.69) is 18.4 Å². The zero-order valence-corrected chi connectivity index (χ0v) is 9.97. The zero-order valence-electron chi connectivity index (χ0n) is 9.97. The first-order valence-corrected chi connectivity index (χ1v) is 6.33. The highest BCUT2D eigenvalue weighted by Gasteiger charge is 2.45. The molecule has 2 fully saturated rings. The standard InChI is InChI=1S/C13H24N2/c1-11(2)12(14)13(7-3-4-8-13)15-9-5-6-10-15/h12H,1,3-10,14H2,2H3. The number of nitrogens with zero attached hydrogens (tertiary/aromatic N) is 1. The van der Waals surface area contributed by atoms with Crippen molar-refractivity contribution < 1.29 is 0 Å². The Morgan fingerprint density at radius 3 is 2.20 bits per heavy atom. The second-order valence-corrected chi connectivity index (χ2v) is 5.33. The van der Waals surface area contributed by atoms with Crippen LogP contribution in [0.2, 0.25) is 0 Å². The average molecular weight is 208 g/mol. The lowest BCUT2D eigenvalue weighted by Crippen LogP contribution is -2.57. The fraction of sp³-hybridized carbons (Fsp3) is 0.846. The van der Waals surface area contributed by atoms with Gasteiger partial charge in [0.1, 0.15) is 0 Å².